The molecule has 0 radical (unpaired) electrons. The predicted octanol–water partition coefficient (Wildman–Crippen LogP) is 1.96. The number of esters is 1. The van der Waals surface area contributed by atoms with Gasteiger partial charge < -0.3 is 14.2 Å². The van der Waals surface area contributed by atoms with Crippen LogP contribution in [0.3, 0.4) is 0 Å². The van der Waals surface area contributed by atoms with Gasteiger partial charge in [0.2, 0.25) is 6.79 Å². The summed E-state index contributed by atoms with van der Waals surface area (Å²) in [6, 6.07) is 4.49. The van der Waals surface area contributed by atoms with Crippen LogP contribution in [0.4, 0.5) is 13.2 Å². The summed E-state index contributed by atoms with van der Waals surface area (Å²) >= 11 is 0. The maximum absolute atomic E-state index is 12.4. The van der Waals surface area contributed by atoms with Gasteiger partial charge in [-0.2, -0.15) is 13.2 Å². The summed E-state index contributed by atoms with van der Waals surface area (Å²) < 4.78 is 52.2. The lowest BCUT2D eigenvalue weighted by Gasteiger charge is -2.29. The minimum atomic E-state index is -4.45. The second-order valence-electron chi connectivity index (χ2n) is 4.65. The summed E-state index contributed by atoms with van der Waals surface area (Å²) in [5, 5.41) is 2.20. The van der Waals surface area contributed by atoms with Crippen LogP contribution in [0.25, 0.3) is 0 Å². The van der Waals surface area contributed by atoms with E-state index < -0.39 is 24.2 Å². The fourth-order valence-corrected chi connectivity index (χ4v) is 1.98. The molecule has 0 spiro atoms. The van der Waals surface area contributed by atoms with Gasteiger partial charge in [-0.25, -0.2) is 4.79 Å². The third-order valence-electron chi connectivity index (χ3n) is 3.19. The molecule has 0 saturated heterocycles. The molecule has 0 fully saturated rings. The topological polar surface area (TPSA) is 56.8 Å². The number of hydrogen-bond acceptors (Lipinski definition) is 5. The maximum Gasteiger partial charge on any atom is 0.401 e. The van der Waals surface area contributed by atoms with Gasteiger partial charge in [0.25, 0.3) is 0 Å². The number of halogens is 3. The van der Waals surface area contributed by atoms with E-state index in [0.717, 1.165) is 7.11 Å². The Kier molecular flexibility index (Phi) is 3.99. The lowest BCUT2D eigenvalue weighted by atomic mass is 9.91. The minimum Gasteiger partial charge on any atom is -0.467 e. The number of carbonyl (C=O) groups excluding carboxylic acids is 1. The van der Waals surface area contributed by atoms with Gasteiger partial charge in [-0.15, -0.1) is 0 Å². The highest BCUT2D eigenvalue weighted by molar-refractivity contribution is 5.82. The van der Waals surface area contributed by atoms with Crippen LogP contribution in [0.2, 0.25) is 0 Å². The Balaban J connectivity index is 2.33. The fourth-order valence-electron chi connectivity index (χ4n) is 1.98. The van der Waals surface area contributed by atoms with Crippen molar-refractivity contribution in [2.45, 2.75) is 18.6 Å². The van der Waals surface area contributed by atoms with E-state index in [9.17, 15) is 18.0 Å². The molecule has 0 bridgehead atoms. The summed E-state index contributed by atoms with van der Waals surface area (Å²) in [4.78, 5) is 11.9. The van der Waals surface area contributed by atoms with E-state index in [0.29, 0.717) is 17.1 Å². The number of carbonyl (C=O) groups is 1. The third-order valence-corrected chi connectivity index (χ3v) is 3.19. The first-order chi connectivity index (χ1) is 9.76. The number of fused-ring (bicyclic) bond motifs is 1. The minimum absolute atomic E-state index is 0.0315. The van der Waals surface area contributed by atoms with Gasteiger partial charge >= 0.3 is 12.1 Å². The standard InChI is InChI=1S/C13H14F3NO4/c1-12(11(18)19-2,17-6-13(14,15)16)8-3-4-9-10(5-8)21-7-20-9/h3-5,17H,6-7H2,1-2H3. The largest absolute Gasteiger partial charge is 0.467 e. The molecule has 1 aromatic carbocycles. The molecule has 0 amide bonds. The monoisotopic (exact) mass is 305 g/mol. The van der Waals surface area contributed by atoms with Crippen LogP contribution in [0.15, 0.2) is 18.2 Å². The molecule has 1 aliphatic heterocycles. The maximum atomic E-state index is 12.4. The zero-order chi connectivity index (χ0) is 15.7. The van der Waals surface area contributed by atoms with Crippen molar-refractivity contribution in [3.8, 4) is 11.5 Å². The number of hydrogen-bond donors (Lipinski definition) is 1. The molecule has 1 heterocycles. The van der Waals surface area contributed by atoms with Crippen molar-refractivity contribution in [2.24, 2.45) is 0 Å². The fraction of sp³-hybridized carbons (Fsp3) is 0.462. The molecule has 1 N–H and O–H groups in total. The molecule has 1 unspecified atom stereocenters. The number of methoxy groups -OCH3 is 1. The molecular formula is C13H14F3NO4. The molecule has 2 rings (SSSR count). The summed E-state index contributed by atoms with van der Waals surface area (Å²) in [6.07, 6.45) is -4.45. The highest BCUT2D eigenvalue weighted by atomic mass is 19.4. The number of nitrogens with one attached hydrogen (secondary N) is 1. The Morgan fingerprint density at radius 1 is 1.33 bits per heavy atom. The van der Waals surface area contributed by atoms with Gasteiger partial charge in [0, 0.05) is 0 Å². The first-order valence-electron chi connectivity index (χ1n) is 6.06. The van der Waals surface area contributed by atoms with Crippen molar-refractivity contribution in [1.82, 2.24) is 5.32 Å². The molecule has 8 heteroatoms. The van der Waals surface area contributed by atoms with Crippen LogP contribution in [0, 0.1) is 0 Å². The molecule has 1 aliphatic rings. The zero-order valence-corrected chi connectivity index (χ0v) is 11.4. The van der Waals surface area contributed by atoms with Crippen LogP contribution in [-0.4, -0.2) is 32.6 Å². The van der Waals surface area contributed by atoms with Crippen molar-refractivity contribution in [3.63, 3.8) is 0 Å². The molecule has 21 heavy (non-hydrogen) atoms. The molecule has 1 aromatic rings. The second-order valence-corrected chi connectivity index (χ2v) is 4.65. The lowest BCUT2D eigenvalue weighted by Crippen LogP contribution is -2.50. The quantitative estimate of drug-likeness (QED) is 0.862. The Morgan fingerprint density at radius 2 is 2.00 bits per heavy atom. The van der Waals surface area contributed by atoms with Crippen molar-refractivity contribution >= 4 is 5.97 Å². The average Bonchev–Trinajstić information content (AvgIpc) is 2.90. The van der Waals surface area contributed by atoms with Crippen molar-refractivity contribution < 1.29 is 32.2 Å². The summed E-state index contributed by atoms with van der Waals surface area (Å²) in [5.74, 6) is 0.0174. The van der Waals surface area contributed by atoms with E-state index in [4.69, 9.17) is 9.47 Å². The van der Waals surface area contributed by atoms with Gasteiger partial charge in [-0.3, -0.25) is 5.32 Å². The van der Waals surface area contributed by atoms with Crippen molar-refractivity contribution in [1.29, 1.82) is 0 Å². The van der Waals surface area contributed by atoms with E-state index in [1.807, 2.05) is 0 Å². The van der Waals surface area contributed by atoms with E-state index in [2.05, 4.69) is 10.1 Å². The number of benzene rings is 1. The molecule has 5 nitrogen and oxygen atoms in total. The summed E-state index contributed by atoms with van der Waals surface area (Å²) in [7, 11) is 1.11. The van der Waals surface area contributed by atoms with Gasteiger partial charge in [-0.1, -0.05) is 6.07 Å². The van der Waals surface area contributed by atoms with Gasteiger partial charge in [0.1, 0.15) is 5.54 Å². The van der Waals surface area contributed by atoms with E-state index >= 15 is 0 Å². The number of alkyl halides is 3. The molecule has 0 saturated carbocycles. The zero-order valence-electron chi connectivity index (χ0n) is 11.4. The smallest absolute Gasteiger partial charge is 0.401 e. The second kappa shape index (κ2) is 5.44. The number of rotatable bonds is 4. The van der Waals surface area contributed by atoms with Gasteiger partial charge in [0.15, 0.2) is 11.5 Å². The van der Waals surface area contributed by atoms with Crippen LogP contribution < -0.4 is 14.8 Å². The number of ether oxygens (including phenoxy) is 3. The Bertz CT molecular complexity index is 547. The van der Waals surface area contributed by atoms with Crippen LogP contribution in [0.5, 0.6) is 11.5 Å². The van der Waals surface area contributed by atoms with E-state index in [1.54, 1.807) is 0 Å². The predicted molar refractivity (Wildman–Crippen MR) is 66.0 cm³/mol. The molecule has 1 atom stereocenters. The summed E-state index contributed by atoms with van der Waals surface area (Å²) in [5.41, 5.74) is -1.35. The van der Waals surface area contributed by atoms with Crippen LogP contribution in [-0.2, 0) is 15.1 Å². The normalized spacial score (nSPS) is 16.4. The highest BCUT2D eigenvalue weighted by Gasteiger charge is 2.40. The Morgan fingerprint density at radius 3 is 2.62 bits per heavy atom. The Hall–Kier alpha value is -1.96. The van der Waals surface area contributed by atoms with Crippen LogP contribution >= 0.6 is 0 Å². The molecule has 0 aliphatic carbocycles. The lowest BCUT2D eigenvalue weighted by molar-refractivity contribution is -0.153. The molecule has 0 aromatic heterocycles. The SMILES string of the molecule is COC(=O)C(C)(NCC(F)(F)F)c1ccc2c(c1)OCO2. The highest BCUT2D eigenvalue weighted by Crippen LogP contribution is 2.36. The molecular weight excluding hydrogens is 291 g/mol. The average molecular weight is 305 g/mol. The van der Waals surface area contributed by atoms with E-state index in [-0.39, 0.29) is 6.79 Å². The van der Waals surface area contributed by atoms with Gasteiger partial charge in [-0.05, 0) is 24.6 Å². The van der Waals surface area contributed by atoms with E-state index in [1.165, 1.54) is 25.1 Å². The molecule has 116 valence electrons. The van der Waals surface area contributed by atoms with Crippen molar-refractivity contribution in [2.75, 3.05) is 20.4 Å². The van der Waals surface area contributed by atoms with Crippen LogP contribution in [0.1, 0.15) is 12.5 Å². The first-order valence-corrected chi connectivity index (χ1v) is 6.06. The third kappa shape index (κ3) is 3.21. The van der Waals surface area contributed by atoms with Gasteiger partial charge in [0.05, 0.1) is 13.7 Å². The Labute approximate surface area is 119 Å². The van der Waals surface area contributed by atoms with Crippen molar-refractivity contribution in [3.05, 3.63) is 23.8 Å². The first kappa shape index (κ1) is 15.4. The summed E-state index contributed by atoms with van der Waals surface area (Å²) in [6.45, 7) is 0.0266.